The summed E-state index contributed by atoms with van der Waals surface area (Å²) < 4.78 is 5.61. The zero-order chi connectivity index (χ0) is 20.9. The minimum Gasteiger partial charge on any atom is -0.484 e. The lowest BCUT2D eigenvalue weighted by atomic mass is 9.99. The standard InChI is InChI=1S/C24H24N4O2/c1-3-17(2)18-9-12-21(13-10-18)30-16-24(29)25-19-11-14-22-23(15-19)27-28(26-22)20-7-5-4-6-8-20/h4-15,17H,3,16H2,1-2H3,(H,25,29)/t17-/m0/s1. The highest BCUT2D eigenvalue weighted by Gasteiger charge is 2.09. The van der Waals surface area contributed by atoms with E-state index in [2.05, 4.69) is 29.4 Å². The maximum Gasteiger partial charge on any atom is 0.262 e. The summed E-state index contributed by atoms with van der Waals surface area (Å²) >= 11 is 0. The molecule has 0 aliphatic rings. The van der Waals surface area contributed by atoms with Crippen molar-refractivity contribution in [1.82, 2.24) is 15.0 Å². The number of nitrogens with zero attached hydrogens (tertiary/aromatic N) is 3. The minimum atomic E-state index is -0.226. The number of hydrogen-bond acceptors (Lipinski definition) is 4. The van der Waals surface area contributed by atoms with Crippen LogP contribution in [0.15, 0.2) is 72.8 Å². The Labute approximate surface area is 175 Å². The van der Waals surface area contributed by atoms with Crippen molar-refractivity contribution >= 4 is 22.6 Å². The first-order valence-electron chi connectivity index (χ1n) is 10.1. The lowest BCUT2D eigenvalue weighted by Gasteiger charge is -2.11. The number of fused-ring (bicyclic) bond motifs is 1. The molecule has 1 amide bonds. The van der Waals surface area contributed by atoms with Crippen LogP contribution < -0.4 is 10.1 Å². The minimum absolute atomic E-state index is 0.0581. The van der Waals surface area contributed by atoms with E-state index in [1.807, 2.05) is 66.7 Å². The van der Waals surface area contributed by atoms with Gasteiger partial charge in [0.1, 0.15) is 16.8 Å². The summed E-state index contributed by atoms with van der Waals surface area (Å²) in [4.78, 5) is 13.9. The Morgan fingerprint density at radius 1 is 1.00 bits per heavy atom. The van der Waals surface area contributed by atoms with Gasteiger partial charge in [0.2, 0.25) is 0 Å². The lowest BCUT2D eigenvalue weighted by molar-refractivity contribution is -0.118. The highest BCUT2D eigenvalue weighted by Crippen LogP contribution is 2.22. The predicted octanol–water partition coefficient (Wildman–Crippen LogP) is 4.95. The Kier molecular flexibility index (Phi) is 5.75. The van der Waals surface area contributed by atoms with Crippen molar-refractivity contribution in [3.8, 4) is 11.4 Å². The third-order valence-electron chi connectivity index (χ3n) is 5.08. The summed E-state index contributed by atoms with van der Waals surface area (Å²) in [5, 5.41) is 11.8. The van der Waals surface area contributed by atoms with Crippen LogP contribution in [0.25, 0.3) is 16.7 Å². The van der Waals surface area contributed by atoms with Crippen molar-refractivity contribution in [3.05, 3.63) is 78.4 Å². The predicted molar refractivity (Wildman–Crippen MR) is 118 cm³/mol. The highest BCUT2D eigenvalue weighted by atomic mass is 16.5. The molecule has 4 aromatic rings. The van der Waals surface area contributed by atoms with Crippen molar-refractivity contribution in [2.24, 2.45) is 0 Å². The second kappa shape index (κ2) is 8.78. The molecule has 4 rings (SSSR count). The summed E-state index contributed by atoms with van der Waals surface area (Å²) in [6, 6.07) is 23.1. The molecule has 0 radical (unpaired) electrons. The van der Waals surface area contributed by atoms with Gasteiger partial charge >= 0.3 is 0 Å². The van der Waals surface area contributed by atoms with Crippen molar-refractivity contribution in [1.29, 1.82) is 0 Å². The number of ether oxygens (including phenoxy) is 1. The van der Waals surface area contributed by atoms with E-state index < -0.39 is 0 Å². The lowest BCUT2D eigenvalue weighted by Crippen LogP contribution is -2.20. The number of hydrogen-bond donors (Lipinski definition) is 1. The van der Waals surface area contributed by atoms with Crippen LogP contribution in [0.4, 0.5) is 5.69 Å². The van der Waals surface area contributed by atoms with E-state index in [1.54, 1.807) is 10.9 Å². The van der Waals surface area contributed by atoms with E-state index in [0.29, 0.717) is 22.9 Å². The number of carbonyl (C=O) groups excluding carboxylic acids is 1. The van der Waals surface area contributed by atoms with Gasteiger partial charge in [-0.3, -0.25) is 4.79 Å². The molecule has 30 heavy (non-hydrogen) atoms. The second-order valence-corrected chi connectivity index (χ2v) is 7.24. The normalized spacial score (nSPS) is 11.9. The maximum absolute atomic E-state index is 12.3. The van der Waals surface area contributed by atoms with Crippen LogP contribution in [0.2, 0.25) is 0 Å². The molecular weight excluding hydrogens is 376 g/mol. The molecule has 0 aliphatic carbocycles. The number of aromatic nitrogens is 3. The molecule has 0 bridgehead atoms. The summed E-state index contributed by atoms with van der Waals surface area (Å²) in [7, 11) is 0. The average molecular weight is 400 g/mol. The van der Waals surface area contributed by atoms with E-state index in [-0.39, 0.29) is 12.5 Å². The van der Waals surface area contributed by atoms with E-state index in [0.717, 1.165) is 17.6 Å². The van der Waals surface area contributed by atoms with Crippen molar-refractivity contribution in [2.45, 2.75) is 26.2 Å². The molecule has 0 aliphatic heterocycles. The zero-order valence-corrected chi connectivity index (χ0v) is 17.1. The van der Waals surface area contributed by atoms with E-state index >= 15 is 0 Å². The molecule has 1 heterocycles. The fourth-order valence-corrected chi connectivity index (χ4v) is 3.14. The number of amides is 1. The molecular formula is C24H24N4O2. The van der Waals surface area contributed by atoms with E-state index in [4.69, 9.17) is 4.74 Å². The van der Waals surface area contributed by atoms with Gasteiger partial charge in [-0.05, 0) is 60.4 Å². The largest absolute Gasteiger partial charge is 0.484 e. The van der Waals surface area contributed by atoms with Gasteiger partial charge in [0.25, 0.3) is 5.91 Å². The first-order chi connectivity index (χ1) is 14.6. The summed E-state index contributed by atoms with van der Waals surface area (Å²) in [5.41, 5.74) is 4.27. The molecule has 1 N–H and O–H groups in total. The van der Waals surface area contributed by atoms with E-state index in [1.165, 1.54) is 5.56 Å². The first kappa shape index (κ1) is 19.6. The van der Waals surface area contributed by atoms with Crippen LogP contribution in [0.3, 0.4) is 0 Å². The van der Waals surface area contributed by atoms with Crippen molar-refractivity contribution in [3.63, 3.8) is 0 Å². The first-order valence-corrected chi connectivity index (χ1v) is 10.1. The zero-order valence-electron chi connectivity index (χ0n) is 17.1. The van der Waals surface area contributed by atoms with Crippen molar-refractivity contribution in [2.75, 3.05) is 11.9 Å². The average Bonchev–Trinajstić information content (AvgIpc) is 3.21. The fourth-order valence-electron chi connectivity index (χ4n) is 3.14. The topological polar surface area (TPSA) is 69.0 Å². The summed E-state index contributed by atoms with van der Waals surface area (Å²) in [5.74, 6) is 0.964. The van der Waals surface area contributed by atoms with Gasteiger partial charge in [0.15, 0.2) is 6.61 Å². The number of carbonyl (C=O) groups is 1. The molecule has 6 heteroatoms. The molecule has 6 nitrogen and oxygen atoms in total. The maximum atomic E-state index is 12.3. The number of rotatable bonds is 7. The van der Waals surface area contributed by atoms with Gasteiger partial charge in [-0.1, -0.05) is 44.2 Å². The Morgan fingerprint density at radius 3 is 2.47 bits per heavy atom. The SMILES string of the molecule is CC[C@H](C)c1ccc(OCC(=O)Nc2ccc3nn(-c4ccccc4)nc3c2)cc1. The van der Waals surface area contributed by atoms with Gasteiger partial charge in [0, 0.05) is 5.69 Å². The Bertz CT molecular complexity index is 1140. The molecule has 3 aromatic carbocycles. The van der Waals surface area contributed by atoms with Crippen LogP contribution in [-0.2, 0) is 4.79 Å². The van der Waals surface area contributed by atoms with Gasteiger partial charge < -0.3 is 10.1 Å². The smallest absolute Gasteiger partial charge is 0.262 e. The van der Waals surface area contributed by atoms with Gasteiger partial charge in [-0.25, -0.2) is 0 Å². The van der Waals surface area contributed by atoms with Crippen LogP contribution >= 0.6 is 0 Å². The van der Waals surface area contributed by atoms with Crippen LogP contribution in [0, 0.1) is 0 Å². The summed E-state index contributed by atoms with van der Waals surface area (Å²) in [6.07, 6.45) is 1.09. The van der Waals surface area contributed by atoms with Crippen LogP contribution in [0.5, 0.6) is 5.75 Å². The number of para-hydroxylation sites is 1. The molecule has 152 valence electrons. The van der Waals surface area contributed by atoms with Gasteiger partial charge in [-0.2, -0.15) is 4.80 Å². The fraction of sp³-hybridized carbons (Fsp3) is 0.208. The number of benzene rings is 3. The van der Waals surface area contributed by atoms with Gasteiger partial charge in [-0.15, -0.1) is 10.2 Å². The summed E-state index contributed by atoms with van der Waals surface area (Å²) in [6.45, 7) is 4.30. The molecule has 0 fully saturated rings. The molecule has 0 unspecified atom stereocenters. The number of anilines is 1. The molecule has 1 atom stereocenters. The Balaban J connectivity index is 1.38. The highest BCUT2D eigenvalue weighted by molar-refractivity contribution is 5.93. The van der Waals surface area contributed by atoms with Crippen LogP contribution in [-0.4, -0.2) is 27.5 Å². The Hall–Kier alpha value is -3.67. The third-order valence-corrected chi connectivity index (χ3v) is 5.08. The molecule has 0 saturated heterocycles. The molecule has 0 spiro atoms. The molecule has 1 aromatic heterocycles. The van der Waals surface area contributed by atoms with E-state index in [9.17, 15) is 4.79 Å². The Morgan fingerprint density at radius 2 is 1.73 bits per heavy atom. The van der Waals surface area contributed by atoms with Crippen molar-refractivity contribution < 1.29 is 9.53 Å². The quantitative estimate of drug-likeness (QED) is 0.476. The van der Waals surface area contributed by atoms with Gasteiger partial charge in [0.05, 0.1) is 5.69 Å². The second-order valence-electron chi connectivity index (χ2n) is 7.24. The third kappa shape index (κ3) is 4.49. The molecule has 0 saturated carbocycles. The monoisotopic (exact) mass is 400 g/mol. The van der Waals surface area contributed by atoms with Crippen LogP contribution in [0.1, 0.15) is 31.7 Å². The number of nitrogens with one attached hydrogen (secondary N) is 1.